The minimum absolute atomic E-state index is 0.0269. The van der Waals surface area contributed by atoms with Crippen LogP contribution >= 0.6 is 22.9 Å². The van der Waals surface area contributed by atoms with E-state index in [4.69, 9.17) is 11.6 Å². The fourth-order valence-electron chi connectivity index (χ4n) is 4.34. The maximum atomic E-state index is 13.7. The zero-order valence-electron chi connectivity index (χ0n) is 20.5. The monoisotopic (exact) mass is 527 g/mol. The van der Waals surface area contributed by atoms with E-state index < -0.39 is 0 Å². The van der Waals surface area contributed by atoms with Gasteiger partial charge < -0.3 is 14.7 Å². The van der Waals surface area contributed by atoms with E-state index in [2.05, 4.69) is 4.90 Å². The minimum Gasteiger partial charge on any atom is -0.332 e. The van der Waals surface area contributed by atoms with Gasteiger partial charge in [-0.3, -0.25) is 9.59 Å². The lowest BCUT2D eigenvalue weighted by Gasteiger charge is -2.29. The van der Waals surface area contributed by atoms with Crippen molar-refractivity contribution in [3.8, 4) is 0 Å². The van der Waals surface area contributed by atoms with E-state index in [-0.39, 0.29) is 24.2 Å². The first-order valence-corrected chi connectivity index (χ1v) is 13.5. The fraction of sp³-hybridized carbons (Fsp3) is 0.357. The summed E-state index contributed by atoms with van der Waals surface area (Å²) in [4.78, 5) is 33.9. The molecule has 3 aromatic rings. The van der Waals surface area contributed by atoms with E-state index in [1.54, 1.807) is 57.5 Å². The van der Waals surface area contributed by atoms with Crippen molar-refractivity contribution in [2.24, 2.45) is 0 Å². The molecule has 8 heteroatoms. The van der Waals surface area contributed by atoms with Crippen molar-refractivity contribution in [3.63, 3.8) is 0 Å². The van der Waals surface area contributed by atoms with Crippen LogP contribution in [0.5, 0.6) is 0 Å². The average Bonchev–Trinajstić information content (AvgIpc) is 3.54. The topological polar surface area (TPSA) is 43.9 Å². The summed E-state index contributed by atoms with van der Waals surface area (Å²) in [5, 5.41) is 2.57. The van der Waals surface area contributed by atoms with Gasteiger partial charge in [0.15, 0.2) is 0 Å². The smallest absolute Gasteiger partial charge is 0.254 e. The van der Waals surface area contributed by atoms with Crippen molar-refractivity contribution >= 4 is 34.8 Å². The molecule has 4 rings (SSSR count). The van der Waals surface area contributed by atoms with Gasteiger partial charge in [0, 0.05) is 35.1 Å². The van der Waals surface area contributed by atoms with Crippen LogP contribution in [0.4, 0.5) is 4.39 Å². The van der Waals surface area contributed by atoms with Crippen molar-refractivity contribution < 1.29 is 14.0 Å². The zero-order valence-corrected chi connectivity index (χ0v) is 22.0. The Morgan fingerprint density at radius 1 is 0.972 bits per heavy atom. The second kappa shape index (κ2) is 12.5. The van der Waals surface area contributed by atoms with Crippen molar-refractivity contribution in [3.05, 3.63) is 92.4 Å². The largest absolute Gasteiger partial charge is 0.332 e. The van der Waals surface area contributed by atoms with Gasteiger partial charge in [-0.15, -0.1) is 11.3 Å². The van der Waals surface area contributed by atoms with Gasteiger partial charge >= 0.3 is 0 Å². The number of hydrogen-bond donors (Lipinski definition) is 0. The van der Waals surface area contributed by atoms with E-state index in [9.17, 15) is 14.0 Å². The van der Waals surface area contributed by atoms with Gasteiger partial charge in [0.25, 0.3) is 5.91 Å². The Labute approximate surface area is 221 Å². The quantitative estimate of drug-likeness (QED) is 0.344. The molecular formula is C28H31ClFN3O2S. The van der Waals surface area contributed by atoms with E-state index in [0.717, 1.165) is 48.5 Å². The van der Waals surface area contributed by atoms with E-state index in [1.807, 2.05) is 18.4 Å². The van der Waals surface area contributed by atoms with Crippen LogP contribution in [0.25, 0.3) is 0 Å². The summed E-state index contributed by atoms with van der Waals surface area (Å²) in [7, 11) is 0. The number of rotatable bonds is 10. The van der Waals surface area contributed by atoms with E-state index in [0.29, 0.717) is 30.2 Å². The molecule has 2 aromatic carbocycles. The average molecular weight is 528 g/mol. The van der Waals surface area contributed by atoms with Crippen molar-refractivity contribution in [1.82, 2.24) is 14.7 Å². The molecule has 1 saturated heterocycles. The molecule has 2 amide bonds. The summed E-state index contributed by atoms with van der Waals surface area (Å²) in [5.41, 5.74) is 2.47. The van der Waals surface area contributed by atoms with Gasteiger partial charge in [-0.1, -0.05) is 23.7 Å². The van der Waals surface area contributed by atoms with Crippen LogP contribution in [0.2, 0.25) is 5.02 Å². The molecule has 1 aliphatic rings. The van der Waals surface area contributed by atoms with Gasteiger partial charge in [0.05, 0.1) is 6.54 Å². The summed E-state index contributed by atoms with van der Waals surface area (Å²) in [5.74, 6) is -0.642. The number of thiophene rings is 1. The number of hydrogen-bond acceptors (Lipinski definition) is 4. The number of aryl methyl sites for hydroxylation is 1. The van der Waals surface area contributed by atoms with Crippen LogP contribution in [0.3, 0.4) is 0 Å². The Kier molecular flexibility index (Phi) is 9.13. The van der Waals surface area contributed by atoms with Crippen molar-refractivity contribution in [2.45, 2.75) is 32.9 Å². The summed E-state index contributed by atoms with van der Waals surface area (Å²) < 4.78 is 13.5. The molecule has 0 unspecified atom stereocenters. The maximum absolute atomic E-state index is 13.7. The first kappa shape index (κ1) is 26.3. The van der Waals surface area contributed by atoms with Gasteiger partial charge in [0.1, 0.15) is 12.4 Å². The molecule has 0 atom stereocenters. The Hall–Kier alpha value is -2.74. The highest BCUT2D eigenvalue weighted by molar-refractivity contribution is 7.10. The van der Waals surface area contributed by atoms with E-state index >= 15 is 0 Å². The fourth-order valence-corrected chi connectivity index (χ4v) is 5.39. The van der Waals surface area contributed by atoms with Crippen LogP contribution in [0, 0.1) is 12.7 Å². The molecule has 0 radical (unpaired) electrons. The van der Waals surface area contributed by atoms with Crippen LogP contribution in [0.15, 0.2) is 60.0 Å². The highest BCUT2D eigenvalue weighted by Crippen LogP contribution is 2.20. The molecule has 0 N–H and O–H groups in total. The third kappa shape index (κ3) is 7.15. The lowest BCUT2D eigenvalue weighted by Crippen LogP contribution is -2.45. The molecule has 2 heterocycles. The second-order valence-corrected chi connectivity index (χ2v) is 10.6. The number of nitrogens with zero attached hydrogens (tertiary/aromatic N) is 3. The zero-order chi connectivity index (χ0) is 25.5. The maximum Gasteiger partial charge on any atom is 0.254 e. The molecular weight excluding hydrogens is 497 g/mol. The number of amides is 2. The molecule has 190 valence electrons. The molecule has 0 saturated carbocycles. The van der Waals surface area contributed by atoms with Gasteiger partial charge in [-0.2, -0.15) is 0 Å². The first-order chi connectivity index (χ1) is 17.4. The predicted octanol–water partition coefficient (Wildman–Crippen LogP) is 5.62. The first-order valence-electron chi connectivity index (χ1n) is 12.2. The van der Waals surface area contributed by atoms with Crippen LogP contribution in [-0.2, 0) is 17.9 Å². The lowest BCUT2D eigenvalue weighted by molar-refractivity contribution is -0.133. The summed E-state index contributed by atoms with van der Waals surface area (Å²) >= 11 is 7.63. The third-order valence-electron chi connectivity index (χ3n) is 6.53. The Morgan fingerprint density at radius 2 is 1.67 bits per heavy atom. The molecule has 36 heavy (non-hydrogen) atoms. The molecule has 1 fully saturated rings. The number of halogens is 2. The predicted molar refractivity (Wildman–Crippen MR) is 143 cm³/mol. The SMILES string of the molecule is Cc1ccsc1CN(Cc1ccc(F)cc1)C(=O)CN(CCN1CCCC1)C(=O)c1ccc(Cl)cc1. The number of likely N-dealkylation sites (tertiary alicyclic amines) is 1. The van der Waals surface area contributed by atoms with E-state index in [1.165, 1.54) is 12.1 Å². The highest BCUT2D eigenvalue weighted by Gasteiger charge is 2.24. The van der Waals surface area contributed by atoms with Gasteiger partial charge in [-0.25, -0.2) is 4.39 Å². The minimum atomic E-state index is -0.313. The Balaban J connectivity index is 1.54. The van der Waals surface area contributed by atoms with Crippen molar-refractivity contribution in [2.75, 3.05) is 32.7 Å². The standard InChI is InChI=1S/C28H31ClFN3O2S/c1-21-12-17-36-26(21)19-33(18-22-4-10-25(30)11-5-22)27(34)20-32(16-15-31-13-2-3-14-31)28(35)23-6-8-24(29)9-7-23/h4-12,17H,2-3,13-16,18-20H2,1H3. The molecule has 0 aliphatic carbocycles. The molecule has 1 aromatic heterocycles. The van der Waals surface area contributed by atoms with Crippen LogP contribution in [-0.4, -0.2) is 59.2 Å². The molecule has 1 aliphatic heterocycles. The molecule has 5 nitrogen and oxygen atoms in total. The Morgan fingerprint density at radius 3 is 2.31 bits per heavy atom. The Bertz CT molecular complexity index is 1160. The van der Waals surface area contributed by atoms with Gasteiger partial charge in [0.2, 0.25) is 5.91 Å². The number of carbonyl (C=O) groups excluding carboxylic acids is 2. The number of carbonyl (C=O) groups is 2. The summed E-state index contributed by atoms with van der Waals surface area (Å²) in [6, 6.07) is 15.0. The third-order valence-corrected chi connectivity index (χ3v) is 7.79. The van der Waals surface area contributed by atoms with Crippen molar-refractivity contribution in [1.29, 1.82) is 0 Å². The normalized spacial score (nSPS) is 13.6. The highest BCUT2D eigenvalue weighted by atomic mass is 35.5. The summed E-state index contributed by atoms with van der Waals surface area (Å²) in [6.45, 7) is 6.01. The van der Waals surface area contributed by atoms with Crippen LogP contribution < -0.4 is 0 Å². The second-order valence-electron chi connectivity index (χ2n) is 9.19. The van der Waals surface area contributed by atoms with Gasteiger partial charge in [-0.05, 0) is 91.8 Å². The molecule has 0 bridgehead atoms. The lowest BCUT2D eigenvalue weighted by atomic mass is 10.1. The number of benzene rings is 2. The van der Waals surface area contributed by atoms with Crippen LogP contribution in [0.1, 0.15) is 39.2 Å². The summed E-state index contributed by atoms with van der Waals surface area (Å²) in [6.07, 6.45) is 2.32. The molecule has 0 spiro atoms.